The second-order valence-corrected chi connectivity index (χ2v) is 6.57. The lowest BCUT2D eigenvalue weighted by Gasteiger charge is -2.11. The number of rotatable bonds is 0. The minimum Gasteiger partial charge on any atom is -0.283 e. The molecule has 0 fully saturated rings. The van der Waals surface area contributed by atoms with E-state index in [1.54, 1.807) is 11.3 Å². The SMILES string of the molecule is CC1(C)C=CC=c2c(sc3nc4ccccc4n23)=C1. The molecule has 0 radical (unpaired) electrons. The van der Waals surface area contributed by atoms with E-state index in [1.807, 2.05) is 6.07 Å². The van der Waals surface area contributed by atoms with Crippen molar-refractivity contribution >= 4 is 39.5 Å². The summed E-state index contributed by atoms with van der Waals surface area (Å²) < 4.78 is 3.57. The Labute approximate surface area is 115 Å². The number of hydrogen-bond acceptors (Lipinski definition) is 2. The highest BCUT2D eigenvalue weighted by atomic mass is 32.1. The van der Waals surface area contributed by atoms with Gasteiger partial charge in [0.25, 0.3) is 0 Å². The van der Waals surface area contributed by atoms with Crippen LogP contribution in [-0.2, 0) is 0 Å². The maximum absolute atomic E-state index is 4.72. The van der Waals surface area contributed by atoms with Gasteiger partial charge in [0.15, 0.2) is 4.96 Å². The first kappa shape index (κ1) is 11.0. The normalized spacial score (nSPS) is 16.9. The maximum atomic E-state index is 4.72. The number of nitrogens with zero attached hydrogens (tertiary/aromatic N) is 2. The Morgan fingerprint density at radius 3 is 2.95 bits per heavy atom. The summed E-state index contributed by atoms with van der Waals surface area (Å²) in [6.45, 7) is 4.46. The van der Waals surface area contributed by atoms with Crippen molar-refractivity contribution in [2.75, 3.05) is 0 Å². The van der Waals surface area contributed by atoms with Crippen LogP contribution in [0.3, 0.4) is 0 Å². The first-order valence-electron chi connectivity index (χ1n) is 6.42. The van der Waals surface area contributed by atoms with Crippen molar-refractivity contribution in [1.82, 2.24) is 9.38 Å². The molecule has 4 rings (SSSR count). The lowest BCUT2D eigenvalue weighted by atomic mass is 9.93. The van der Waals surface area contributed by atoms with E-state index < -0.39 is 0 Å². The van der Waals surface area contributed by atoms with E-state index in [4.69, 9.17) is 4.98 Å². The van der Waals surface area contributed by atoms with Gasteiger partial charge in [0, 0.05) is 5.41 Å². The fourth-order valence-electron chi connectivity index (χ4n) is 2.60. The van der Waals surface area contributed by atoms with Crippen molar-refractivity contribution in [3.05, 3.63) is 46.3 Å². The fourth-order valence-corrected chi connectivity index (χ4v) is 3.85. The Balaban J connectivity index is 2.25. The molecule has 0 unspecified atom stereocenters. The molecule has 0 saturated heterocycles. The van der Waals surface area contributed by atoms with Crippen molar-refractivity contribution in [2.24, 2.45) is 5.41 Å². The largest absolute Gasteiger partial charge is 0.283 e. The van der Waals surface area contributed by atoms with Crippen LogP contribution in [0.5, 0.6) is 0 Å². The third-order valence-electron chi connectivity index (χ3n) is 3.51. The van der Waals surface area contributed by atoms with Gasteiger partial charge >= 0.3 is 0 Å². The van der Waals surface area contributed by atoms with Crippen LogP contribution in [0.2, 0.25) is 0 Å². The molecule has 2 nitrogen and oxygen atoms in total. The first-order valence-corrected chi connectivity index (χ1v) is 7.24. The Kier molecular flexibility index (Phi) is 2.07. The summed E-state index contributed by atoms with van der Waals surface area (Å²) in [6.07, 6.45) is 8.92. The number of thiazole rings is 1. The standard InChI is InChI=1S/C16H14N2S/c1-16(2)9-5-8-13-14(10-16)19-15-17-11-6-3-4-7-12(11)18(13)15/h3-10H,1-2H3. The van der Waals surface area contributed by atoms with Crippen molar-refractivity contribution in [3.8, 4) is 0 Å². The number of fused-ring (bicyclic) bond motifs is 5. The van der Waals surface area contributed by atoms with Gasteiger partial charge in [0.2, 0.25) is 0 Å². The summed E-state index contributed by atoms with van der Waals surface area (Å²) in [5.74, 6) is 0. The summed E-state index contributed by atoms with van der Waals surface area (Å²) >= 11 is 1.77. The summed E-state index contributed by atoms with van der Waals surface area (Å²) in [5.41, 5.74) is 2.35. The lowest BCUT2D eigenvalue weighted by molar-refractivity contribution is 0.671. The van der Waals surface area contributed by atoms with Crippen LogP contribution in [0.1, 0.15) is 13.8 Å². The van der Waals surface area contributed by atoms with Crippen LogP contribution in [-0.4, -0.2) is 9.38 Å². The highest BCUT2D eigenvalue weighted by Crippen LogP contribution is 2.21. The van der Waals surface area contributed by atoms with Gasteiger partial charge in [-0.05, 0) is 18.2 Å². The minimum atomic E-state index is 0.0976. The Morgan fingerprint density at radius 2 is 2.05 bits per heavy atom. The molecule has 1 aliphatic carbocycles. The summed E-state index contributed by atoms with van der Waals surface area (Å²) in [4.78, 5) is 5.79. The van der Waals surface area contributed by atoms with Gasteiger partial charge in [-0.25, -0.2) is 4.98 Å². The van der Waals surface area contributed by atoms with E-state index in [9.17, 15) is 0 Å². The Hall–Kier alpha value is -1.87. The topological polar surface area (TPSA) is 17.3 Å². The molecule has 3 aromatic rings. The predicted molar refractivity (Wildman–Crippen MR) is 81.7 cm³/mol. The van der Waals surface area contributed by atoms with Gasteiger partial charge < -0.3 is 0 Å². The number of para-hydroxylation sites is 2. The van der Waals surface area contributed by atoms with E-state index in [0.717, 1.165) is 10.5 Å². The monoisotopic (exact) mass is 266 g/mol. The molecule has 0 spiro atoms. The van der Waals surface area contributed by atoms with Crippen LogP contribution >= 0.6 is 11.3 Å². The molecule has 3 heteroatoms. The van der Waals surface area contributed by atoms with Crippen molar-refractivity contribution in [1.29, 1.82) is 0 Å². The second-order valence-electron chi connectivity index (χ2n) is 5.56. The number of benzene rings is 1. The van der Waals surface area contributed by atoms with Crippen molar-refractivity contribution in [2.45, 2.75) is 13.8 Å². The molecular formula is C16H14N2S. The predicted octanol–water partition coefficient (Wildman–Crippen LogP) is 2.71. The average Bonchev–Trinajstić information content (AvgIpc) is 2.81. The van der Waals surface area contributed by atoms with E-state index in [1.165, 1.54) is 15.4 Å². The van der Waals surface area contributed by atoms with Gasteiger partial charge in [-0.1, -0.05) is 55.5 Å². The minimum absolute atomic E-state index is 0.0976. The van der Waals surface area contributed by atoms with Gasteiger partial charge in [-0.15, -0.1) is 0 Å². The molecule has 1 aliphatic rings. The molecule has 1 aromatic carbocycles. The smallest absolute Gasteiger partial charge is 0.195 e. The van der Waals surface area contributed by atoms with Crippen molar-refractivity contribution in [3.63, 3.8) is 0 Å². The number of imidazole rings is 1. The molecule has 2 aromatic heterocycles. The van der Waals surface area contributed by atoms with Gasteiger partial charge in [-0.3, -0.25) is 4.40 Å². The number of allylic oxidation sites excluding steroid dienone is 2. The quantitative estimate of drug-likeness (QED) is 0.611. The summed E-state index contributed by atoms with van der Waals surface area (Å²) in [5, 5.41) is 1.25. The zero-order valence-electron chi connectivity index (χ0n) is 10.9. The van der Waals surface area contributed by atoms with Crippen LogP contribution in [0.15, 0.2) is 36.4 Å². The molecule has 0 amide bonds. The summed E-state index contributed by atoms with van der Waals surface area (Å²) in [6, 6.07) is 8.31. The molecule has 94 valence electrons. The molecular weight excluding hydrogens is 252 g/mol. The molecule has 0 atom stereocenters. The average molecular weight is 266 g/mol. The van der Waals surface area contributed by atoms with Crippen LogP contribution in [0.25, 0.3) is 28.1 Å². The molecule has 0 N–H and O–H groups in total. The molecule has 0 saturated carbocycles. The van der Waals surface area contributed by atoms with Gasteiger partial charge in [-0.2, -0.15) is 0 Å². The lowest BCUT2D eigenvalue weighted by Crippen LogP contribution is -2.25. The molecule has 19 heavy (non-hydrogen) atoms. The fraction of sp³-hybridized carbons (Fsp3) is 0.188. The molecule has 2 heterocycles. The number of aromatic nitrogens is 2. The first-order chi connectivity index (χ1) is 9.14. The van der Waals surface area contributed by atoms with E-state index in [-0.39, 0.29) is 5.41 Å². The second kappa shape index (κ2) is 3.58. The zero-order valence-corrected chi connectivity index (χ0v) is 11.7. The third-order valence-corrected chi connectivity index (χ3v) is 4.51. The third kappa shape index (κ3) is 1.58. The van der Waals surface area contributed by atoms with Gasteiger partial charge in [0.1, 0.15) is 0 Å². The Morgan fingerprint density at radius 1 is 1.21 bits per heavy atom. The van der Waals surface area contributed by atoms with E-state index in [2.05, 4.69) is 60.8 Å². The van der Waals surface area contributed by atoms with E-state index >= 15 is 0 Å². The molecule has 0 bridgehead atoms. The van der Waals surface area contributed by atoms with Crippen LogP contribution in [0, 0.1) is 5.41 Å². The van der Waals surface area contributed by atoms with E-state index in [0.29, 0.717) is 0 Å². The van der Waals surface area contributed by atoms with Crippen molar-refractivity contribution < 1.29 is 0 Å². The number of hydrogen-bond donors (Lipinski definition) is 0. The highest BCUT2D eigenvalue weighted by molar-refractivity contribution is 7.15. The molecule has 0 aliphatic heterocycles. The zero-order chi connectivity index (χ0) is 13.0. The van der Waals surface area contributed by atoms with Gasteiger partial charge in [0.05, 0.1) is 20.9 Å². The Bertz CT molecular complexity index is 938. The highest BCUT2D eigenvalue weighted by Gasteiger charge is 2.14. The van der Waals surface area contributed by atoms with Crippen LogP contribution < -0.4 is 9.88 Å². The maximum Gasteiger partial charge on any atom is 0.195 e. The summed E-state index contributed by atoms with van der Waals surface area (Å²) in [7, 11) is 0. The van der Waals surface area contributed by atoms with Crippen LogP contribution in [0.4, 0.5) is 0 Å².